The van der Waals surface area contributed by atoms with Crippen molar-refractivity contribution in [3.05, 3.63) is 11.6 Å². The number of amides is 1. The predicted molar refractivity (Wildman–Crippen MR) is 69.8 cm³/mol. The van der Waals surface area contributed by atoms with Crippen molar-refractivity contribution in [1.29, 1.82) is 0 Å². The molecular weight excluding hydrogens is 212 g/mol. The highest BCUT2D eigenvalue weighted by Crippen LogP contribution is 2.29. The number of likely N-dealkylation sites (N-methyl/N-ethyl adjacent to an activating group) is 1. The summed E-state index contributed by atoms with van der Waals surface area (Å²) in [6, 6.07) is 1.74. The number of nitrogens with one attached hydrogen (secondary N) is 1. The van der Waals surface area contributed by atoms with Gasteiger partial charge in [0.2, 0.25) is 5.91 Å². The van der Waals surface area contributed by atoms with Gasteiger partial charge in [-0.15, -0.1) is 0 Å². The third-order valence-electron chi connectivity index (χ3n) is 3.92. The van der Waals surface area contributed by atoms with Gasteiger partial charge in [0.1, 0.15) is 0 Å². The summed E-state index contributed by atoms with van der Waals surface area (Å²) in [6.45, 7) is 6.88. The molecule has 2 fully saturated rings. The minimum atomic E-state index is 0.193. The van der Waals surface area contributed by atoms with Crippen LogP contribution in [0.15, 0.2) is 11.6 Å². The molecule has 2 aliphatic rings. The molecule has 1 amide bonds. The monoisotopic (exact) mass is 236 g/mol. The number of piperidine rings is 1. The number of carbonyl (C=O) groups excluding carboxylic acids is 1. The molecule has 2 saturated heterocycles. The van der Waals surface area contributed by atoms with Crippen molar-refractivity contribution in [2.45, 2.75) is 64.6 Å². The number of hydrogen-bond acceptors (Lipinski definition) is 2. The zero-order valence-corrected chi connectivity index (χ0v) is 11.2. The summed E-state index contributed by atoms with van der Waals surface area (Å²) in [4.78, 5) is 14.2. The molecule has 3 heteroatoms. The van der Waals surface area contributed by atoms with E-state index in [2.05, 4.69) is 17.1 Å². The summed E-state index contributed by atoms with van der Waals surface area (Å²) >= 11 is 0. The molecule has 1 N–H and O–H groups in total. The fourth-order valence-electron chi connectivity index (χ4n) is 3.21. The molecule has 0 aromatic rings. The van der Waals surface area contributed by atoms with Gasteiger partial charge in [-0.2, -0.15) is 0 Å². The Morgan fingerprint density at radius 2 is 1.88 bits per heavy atom. The molecule has 2 atom stereocenters. The summed E-state index contributed by atoms with van der Waals surface area (Å²) in [5, 5.41) is 3.63. The van der Waals surface area contributed by atoms with Crippen LogP contribution in [0.25, 0.3) is 0 Å². The molecule has 0 saturated carbocycles. The van der Waals surface area contributed by atoms with E-state index in [1.807, 2.05) is 13.8 Å². The fourth-order valence-corrected chi connectivity index (χ4v) is 3.21. The standard InChI is InChI=1S/C14H24N2O/c1-4-16(14(17)7-10(2)3)13-8-11-5-6-12(9-13)15-11/h7,11-13,15H,4-6,8-9H2,1-3H3. The van der Waals surface area contributed by atoms with Gasteiger partial charge in [-0.25, -0.2) is 0 Å². The number of hydrogen-bond donors (Lipinski definition) is 1. The molecule has 17 heavy (non-hydrogen) atoms. The van der Waals surface area contributed by atoms with E-state index >= 15 is 0 Å². The molecule has 96 valence electrons. The van der Waals surface area contributed by atoms with Crippen molar-refractivity contribution in [3.63, 3.8) is 0 Å². The molecule has 2 rings (SSSR count). The van der Waals surface area contributed by atoms with Crippen LogP contribution in [0.5, 0.6) is 0 Å². The van der Waals surface area contributed by atoms with Crippen molar-refractivity contribution < 1.29 is 4.79 Å². The highest BCUT2D eigenvalue weighted by atomic mass is 16.2. The number of rotatable bonds is 3. The summed E-state index contributed by atoms with van der Waals surface area (Å²) in [5.41, 5.74) is 1.09. The van der Waals surface area contributed by atoms with E-state index in [1.54, 1.807) is 6.08 Å². The van der Waals surface area contributed by atoms with Crippen LogP contribution in [-0.4, -0.2) is 35.5 Å². The Kier molecular flexibility index (Phi) is 3.87. The van der Waals surface area contributed by atoms with Gasteiger partial charge in [0.15, 0.2) is 0 Å². The van der Waals surface area contributed by atoms with Crippen LogP contribution in [0.2, 0.25) is 0 Å². The molecule has 0 aromatic carbocycles. The molecule has 0 spiro atoms. The molecule has 2 aliphatic heterocycles. The van der Waals surface area contributed by atoms with Crippen LogP contribution in [0.1, 0.15) is 46.5 Å². The van der Waals surface area contributed by atoms with Crippen LogP contribution >= 0.6 is 0 Å². The average Bonchev–Trinajstić information content (AvgIpc) is 2.58. The second kappa shape index (κ2) is 5.21. The van der Waals surface area contributed by atoms with E-state index in [9.17, 15) is 4.79 Å². The SMILES string of the molecule is CCN(C(=O)C=C(C)C)C1CC2CCC(C1)N2. The largest absolute Gasteiger partial charge is 0.336 e. The maximum atomic E-state index is 12.1. The maximum Gasteiger partial charge on any atom is 0.246 e. The molecule has 2 heterocycles. The highest BCUT2D eigenvalue weighted by Gasteiger charge is 2.36. The smallest absolute Gasteiger partial charge is 0.246 e. The normalized spacial score (nSPS) is 31.1. The van der Waals surface area contributed by atoms with Crippen LogP contribution in [-0.2, 0) is 4.79 Å². The summed E-state index contributed by atoms with van der Waals surface area (Å²) < 4.78 is 0. The van der Waals surface area contributed by atoms with Crippen molar-refractivity contribution in [2.24, 2.45) is 0 Å². The second-order valence-corrected chi connectivity index (χ2v) is 5.61. The van der Waals surface area contributed by atoms with Gasteiger partial charge >= 0.3 is 0 Å². The van der Waals surface area contributed by atoms with Crippen molar-refractivity contribution in [1.82, 2.24) is 10.2 Å². The molecule has 0 aromatic heterocycles. The lowest BCUT2D eigenvalue weighted by Crippen LogP contribution is -2.49. The van der Waals surface area contributed by atoms with Gasteiger partial charge in [-0.3, -0.25) is 4.79 Å². The average molecular weight is 236 g/mol. The second-order valence-electron chi connectivity index (χ2n) is 5.61. The van der Waals surface area contributed by atoms with E-state index in [1.165, 1.54) is 12.8 Å². The first-order chi connectivity index (χ1) is 8.10. The Hall–Kier alpha value is -0.830. The van der Waals surface area contributed by atoms with E-state index in [0.29, 0.717) is 18.1 Å². The van der Waals surface area contributed by atoms with E-state index in [4.69, 9.17) is 0 Å². The number of allylic oxidation sites excluding steroid dienone is 1. The number of carbonyl (C=O) groups is 1. The topological polar surface area (TPSA) is 32.3 Å². The molecular formula is C14H24N2O. The summed E-state index contributed by atoms with van der Waals surface area (Å²) in [5.74, 6) is 0.193. The van der Waals surface area contributed by atoms with Gasteiger partial charge in [0, 0.05) is 30.7 Å². The molecule has 2 bridgehead atoms. The third-order valence-corrected chi connectivity index (χ3v) is 3.92. The van der Waals surface area contributed by atoms with Gasteiger partial charge in [0.25, 0.3) is 0 Å². The first-order valence-electron chi connectivity index (χ1n) is 6.81. The molecule has 0 radical (unpaired) electrons. The zero-order valence-electron chi connectivity index (χ0n) is 11.2. The lowest BCUT2D eigenvalue weighted by atomic mass is 9.98. The summed E-state index contributed by atoms with van der Waals surface area (Å²) in [7, 11) is 0. The predicted octanol–water partition coefficient (Wildman–Crippen LogP) is 2.08. The van der Waals surface area contributed by atoms with Gasteiger partial charge in [-0.1, -0.05) is 5.57 Å². The Morgan fingerprint density at radius 3 is 2.35 bits per heavy atom. The van der Waals surface area contributed by atoms with Gasteiger partial charge < -0.3 is 10.2 Å². The lowest BCUT2D eigenvalue weighted by molar-refractivity contribution is -0.128. The third kappa shape index (κ3) is 2.89. The maximum absolute atomic E-state index is 12.1. The van der Waals surface area contributed by atoms with E-state index in [0.717, 1.165) is 25.0 Å². The lowest BCUT2D eigenvalue weighted by Gasteiger charge is -2.36. The van der Waals surface area contributed by atoms with Crippen LogP contribution in [0.4, 0.5) is 0 Å². The molecule has 3 nitrogen and oxygen atoms in total. The van der Waals surface area contributed by atoms with Crippen LogP contribution in [0, 0.1) is 0 Å². The van der Waals surface area contributed by atoms with Crippen LogP contribution < -0.4 is 5.32 Å². The summed E-state index contributed by atoms with van der Waals surface area (Å²) in [6.07, 6.45) is 6.61. The molecule has 2 unspecified atom stereocenters. The van der Waals surface area contributed by atoms with Gasteiger partial charge in [0.05, 0.1) is 0 Å². The minimum Gasteiger partial charge on any atom is -0.336 e. The highest BCUT2D eigenvalue weighted by molar-refractivity contribution is 5.88. The Balaban J connectivity index is 2.03. The van der Waals surface area contributed by atoms with Crippen molar-refractivity contribution in [2.75, 3.05) is 6.54 Å². The van der Waals surface area contributed by atoms with E-state index < -0.39 is 0 Å². The first-order valence-corrected chi connectivity index (χ1v) is 6.81. The van der Waals surface area contributed by atoms with Crippen molar-refractivity contribution >= 4 is 5.91 Å². The Morgan fingerprint density at radius 1 is 1.29 bits per heavy atom. The number of nitrogens with zero attached hydrogens (tertiary/aromatic N) is 1. The zero-order chi connectivity index (χ0) is 12.4. The van der Waals surface area contributed by atoms with Crippen LogP contribution in [0.3, 0.4) is 0 Å². The van der Waals surface area contributed by atoms with E-state index in [-0.39, 0.29) is 5.91 Å². The quantitative estimate of drug-likeness (QED) is 0.761. The van der Waals surface area contributed by atoms with Gasteiger partial charge in [-0.05, 0) is 46.5 Å². The minimum absolute atomic E-state index is 0.193. The first kappa shape index (κ1) is 12.6. The Bertz CT molecular complexity index is 308. The molecule has 0 aliphatic carbocycles. The van der Waals surface area contributed by atoms with Crippen molar-refractivity contribution in [3.8, 4) is 0 Å². The Labute approximate surface area is 104 Å². The fraction of sp³-hybridized carbons (Fsp3) is 0.786. The number of fused-ring (bicyclic) bond motifs is 2.